The average Bonchev–Trinajstić information content (AvgIpc) is 0. The van der Waals surface area contributed by atoms with Gasteiger partial charge in [-0.15, -0.1) is 0 Å². The van der Waals surface area contributed by atoms with E-state index in [1.165, 1.54) is 0 Å². The SMILES string of the molecule is [Ag].[Fe+2].[H+].[Mg+2].[Rb+]. The van der Waals surface area contributed by atoms with Crippen LogP contribution in [-0.4, -0.2) is 23.1 Å². The average molecular weight is 274 g/mol. The van der Waals surface area contributed by atoms with Crippen LogP contribution >= 0.6 is 0 Å². The maximum absolute atomic E-state index is 0. The van der Waals surface area contributed by atoms with Gasteiger partial charge in [-0.25, -0.2) is 0 Å². The molecule has 17 valence electrons. The van der Waals surface area contributed by atoms with Crippen molar-refractivity contribution < 1.29 is 99.1 Å². The fourth-order valence-corrected chi connectivity index (χ4v) is 0. The van der Waals surface area contributed by atoms with Crippen LogP contribution in [0.2, 0.25) is 0 Å². The van der Waals surface area contributed by atoms with Crippen molar-refractivity contribution in [1.82, 2.24) is 0 Å². The van der Waals surface area contributed by atoms with E-state index in [0.29, 0.717) is 0 Å². The van der Waals surface area contributed by atoms with Crippen LogP contribution in [0.3, 0.4) is 0 Å². The molecule has 0 bridgehead atoms. The van der Waals surface area contributed by atoms with Gasteiger partial charge in [-0.2, -0.15) is 0 Å². The van der Waals surface area contributed by atoms with Crippen LogP contribution in [-0.2, 0) is 39.4 Å². The van der Waals surface area contributed by atoms with E-state index in [4.69, 9.17) is 0 Å². The van der Waals surface area contributed by atoms with E-state index >= 15 is 0 Å². The second-order valence-corrected chi connectivity index (χ2v) is 0. The van der Waals surface area contributed by atoms with Gasteiger partial charge in [0.2, 0.25) is 0 Å². The summed E-state index contributed by atoms with van der Waals surface area (Å²) < 4.78 is 0. The molecule has 0 nitrogen and oxygen atoms in total. The summed E-state index contributed by atoms with van der Waals surface area (Å²) in [7, 11) is 0. The summed E-state index contributed by atoms with van der Waals surface area (Å²) in [5.74, 6) is 0. The summed E-state index contributed by atoms with van der Waals surface area (Å²) in [5.41, 5.74) is 0. The quantitative estimate of drug-likeness (QED) is 0.407. The van der Waals surface area contributed by atoms with Crippen molar-refractivity contribution in [1.29, 1.82) is 0 Å². The molecular weight excluding hydrogens is 273 g/mol. The van der Waals surface area contributed by atoms with Gasteiger partial charge >= 0.3 is 99.7 Å². The fourth-order valence-electron chi connectivity index (χ4n) is 0. The molecule has 4 heteroatoms. The van der Waals surface area contributed by atoms with Gasteiger partial charge in [0.1, 0.15) is 0 Å². The normalized spacial score (nSPS) is 0. The van der Waals surface area contributed by atoms with Crippen LogP contribution < -0.4 is 58.2 Å². The van der Waals surface area contributed by atoms with Crippen molar-refractivity contribution in [2.45, 2.75) is 0 Å². The van der Waals surface area contributed by atoms with Crippen LogP contribution in [0.4, 0.5) is 0 Å². The van der Waals surface area contributed by atoms with E-state index in [0.717, 1.165) is 0 Å². The Balaban J connectivity index is 0. The van der Waals surface area contributed by atoms with Gasteiger partial charge in [0.25, 0.3) is 0 Å². The van der Waals surface area contributed by atoms with Gasteiger partial charge < -0.3 is 0 Å². The molecule has 1 radical (unpaired) electrons. The Kier molecular flexibility index (Phi) is 98.5. The van der Waals surface area contributed by atoms with Crippen molar-refractivity contribution in [3.63, 3.8) is 0 Å². The molecule has 0 aromatic carbocycles. The Morgan fingerprint density at radius 2 is 1.25 bits per heavy atom. The van der Waals surface area contributed by atoms with Crippen molar-refractivity contribution >= 4 is 23.1 Å². The van der Waals surface area contributed by atoms with Crippen LogP contribution in [0, 0.1) is 0 Å². The van der Waals surface area contributed by atoms with E-state index in [1.807, 2.05) is 0 Å². The van der Waals surface area contributed by atoms with Gasteiger partial charge in [-0.05, 0) is 0 Å². The summed E-state index contributed by atoms with van der Waals surface area (Å²) in [6.45, 7) is 0. The Labute approximate surface area is 119 Å². The van der Waals surface area contributed by atoms with E-state index in [1.54, 1.807) is 0 Å². The van der Waals surface area contributed by atoms with E-state index in [9.17, 15) is 0 Å². The molecule has 0 atom stereocenters. The van der Waals surface area contributed by atoms with Gasteiger partial charge in [-0.1, -0.05) is 0 Å². The minimum Gasteiger partial charge on any atom is 0 e. The summed E-state index contributed by atoms with van der Waals surface area (Å²) in [6.07, 6.45) is 0. The minimum atomic E-state index is 0. The number of rotatable bonds is 0. The maximum Gasteiger partial charge on any atom is 2.00 e. The van der Waals surface area contributed by atoms with Gasteiger partial charge in [0, 0.05) is 22.4 Å². The third-order valence-electron chi connectivity index (χ3n) is 0. The monoisotopic (exact) mass is 273 g/mol. The van der Waals surface area contributed by atoms with Crippen molar-refractivity contribution in [3.05, 3.63) is 0 Å². The molecule has 0 unspecified atom stereocenters. The van der Waals surface area contributed by atoms with E-state index in [2.05, 4.69) is 0 Å². The van der Waals surface area contributed by atoms with E-state index < -0.39 is 0 Å². The smallest absolute Gasteiger partial charge is 0 e. The molecule has 0 heterocycles. The van der Waals surface area contributed by atoms with Crippen molar-refractivity contribution in [2.24, 2.45) is 0 Å². The first-order valence-corrected chi connectivity index (χ1v) is 0. The summed E-state index contributed by atoms with van der Waals surface area (Å²) in [5, 5.41) is 0. The van der Waals surface area contributed by atoms with Gasteiger partial charge in [0.15, 0.2) is 0 Å². The standard InChI is InChI=1S/Ag.Fe.Mg.Rb/q;2*+2;+1/p+1. The summed E-state index contributed by atoms with van der Waals surface area (Å²) >= 11 is 0. The summed E-state index contributed by atoms with van der Waals surface area (Å²) in [4.78, 5) is 0. The first-order valence-electron chi connectivity index (χ1n) is 0. The first kappa shape index (κ1) is 24.9. The zero-order chi connectivity index (χ0) is 0. The number of hydrogen-bond donors (Lipinski definition) is 0. The largest absolute Gasteiger partial charge is 2.00 e. The second kappa shape index (κ2) is 15.8. The van der Waals surface area contributed by atoms with Gasteiger partial charge in [0.05, 0.1) is 0 Å². The zero-order valence-corrected chi connectivity index (χ0v) is 11.3. The Hall–Kier alpha value is 3.83. The predicted molar refractivity (Wildman–Crippen MR) is 6.87 cm³/mol. The van der Waals surface area contributed by atoms with Crippen LogP contribution in [0.5, 0.6) is 0 Å². The Morgan fingerprint density at radius 3 is 1.25 bits per heavy atom. The molecule has 0 aromatic rings. The molecule has 0 aliphatic heterocycles. The molecular formula is HAgFeMgRb+6. The molecule has 0 aliphatic rings. The van der Waals surface area contributed by atoms with Crippen LogP contribution in [0.1, 0.15) is 1.43 Å². The molecule has 0 spiro atoms. The third kappa shape index (κ3) is 9.27. The topological polar surface area (TPSA) is 0 Å². The van der Waals surface area contributed by atoms with Crippen molar-refractivity contribution in [2.75, 3.05) is 0 Å². The van der Waals surface area contributed by atoms with Gasteiger partial charge in [-0.3, -0.25) is 0 Å². The first-order chi connectivity index (χ1) is 0. The fraction of sp³-hybridized carbons (Fsp3) is 0. The van der Waals surface area contributed by atoms with Crippen molar-refractivity contribution in [3.8, 4) is 0 Å². The molecule has 4 heavy (non-hydrogen) atoms. The molecule has 0 saturated carbocycles. The predicted octanol–water partition coefficient (Wildman–Crippen LogP) is -3.27. The maximum atomic E-state index is 0. The third-order valence-corrected chi connectivity index (χ3v) is 0. The minimum absolute atomic E-state index is 0. The molecule has 0 saturated heterocycles. The van der Waals surface area contributed by atoms with Crippen LogP contribution in [0.25, 0.3) is 0 Å². The molecule has 0 amide bonds. The second-order valence-electron chi connectivity index (χ2n) is 0. The summed E-state index contributed by atoms with van der Waals surface area (Å²) in [6, 6.07) is 0. The molecule has 0 rings (SSSR count). The van der Waals surface area contributed by atoms with E-state index in [-0.39, 0.29) is 122 Å². The molecule has 0 aromatic heterocycles. The molecule has 0 aliphatic carbocycles. The van der Waals surface area contributed by atoms with Crippen LogP contribution in [0.15, 0.2) is 0 Å². The number of hydrogen-bond acceptors (Lipinski definition) is 0. The Bertz CT molecular complexity index is 11.6. The molecule has 0 N–H and O–H groups in total. The molecule has 0 fully saturated rings. The zero-order valence-electron chi connectivity index (χ0n) is 3.36. The Morgan fingerprint density at radius 1 is 1.25 bits per heavy atom.